The van der Waals surface area contributed by atoms with Gasteiger partial charge in [0.1, 0.15) is 29.7 Å². The van der Waals surface area contributed by atoms with Crippen molar-refractivity contribution in [2.45, 2.75) is 45.8 Å². The molecule has 2 amide bonds. The number of carbonyl (C=O) groups excluding carboxylic acids is 2. The van der Waals surface area contributed by atoms with E-state index in [1.54, 1.807) is 56.0 Å². The molecular weight excluding hydrogens is 548 g/mol. The van der Waals surface area contributed by atoms with Gasteiger partial charge in [0.05, 0.1) is 17.2 Å². The molecule has 0 bridgehead atoms. The van der Waals surface area contributed by atoms with E-state index >= 15 is 4.39 Å². The molecule has 42 heavy (non-hydrogen) atoms. The molecule has 3 heterocycles. The van der Waals surface area contributed by atoms with E-state index in [1.807, 2.05) is 0 Å². The third-order valence-electron chi connectivity index (χ3n) is 7.61. The van der Waals surface area contributed by atoms with Crippen molar-refractivity contribution >= 4 is 23.5 Å². The quantitative estimate of drug-likeness (QED) is 0.423. The van der Waals surface area contributed by atoms with E-state index in [1.165, 1.54) is 23.1 Å². The Hall–Kier alpha value is -4.54. The van der Waals surface area contributed by atoms with Crippen molar-refractivity contribution in [2.75, 3.05) is 24.6 Å². The van der Waals surface area contributed by atoms with Gasteiger partial charge in [0.15, 0.2) is 6.10 Å². The molecule has 0 radical (unpaired) electrons. The fourth-order valence-corrected chi connectivity index (χ4v) is 5.09. The van der Waals surface area contributed by atoms with Crippen LogP contribution in [0.1, 0.15) is 44.0 Å². The Labute approximate surface area is 241 Å². The van der Waals surface area contributed by atoms with Crippen molar-refractivity contribution in [1.29, 1.82) is 0 Å². The fraction of sp³-hybridized carbons (Fsp3) is 0.355. The Balaban J connectivity index is 1.29. The van der Waals surface area contributed by atoms with Crippen LogP contribution in [-0.4, -0.2) is 64.6 Å². The number of carbonyl (C=O) groups is 3. The van der Waals surface area contributed by atoms with Gasteiger partial charge in [0.25, 0.3) is 11.8 Å². The molecule has 0 saturated carbocycles. The molecule has 9 nitrogen and oxygen atoms in total. The molecule has 1 saturated heterocycles. The highest BCUT2D eigenvalue weighted by Gasteiger charge is 2.39. The summed E-state index contributed by atoms with van der Waals surface area (Å²) in [6.07, 6.45) is 1.09. The Morgan fingerprint density at radius 2 is 1.83 bits per heavy atom. The molecule has 1 N–H and O–H groups in total. The van der Waals surface area contributed by atoms with Gasteiger partial charge in [-0.05, 0) is 57.4 Å². The maximum atomic E-state index is 15.3. The van der Waals surface area contributed by atoms with Gasteiger partial charge in [-0.2, -0.15) is 0 Å². The van der Waals surface area contributed by atoms with E-state index in [2.05, 4.69) is 4.98 Å². The third kappa shape index (κ3) is 5.63. The summed E-state index contributed by atoms with van der Waals surface area (Å²) in [6.45, 7) is 5.18. The normalized spacial score (nSPS) is 17.5. The van der Waals surface area contributed by atoms with E-state index in [-0.39, 0.29) is 48.8 Å². The first kappa shape index (κ1) is 29.0. The summed E-state index contributed by atoms with van der Waals surface area (Å²) in [5.74, 6) is -2.49. The maximum Gasteiger partial charge on any atom is 0.312 e. The summed E-state index contributed by atoms with van der Waals surface area (Å²) in [6, 6.07) is 12.1. The largest absolute Gasteiger partial charge is 0.492 e. The van der Waals surface area contributed by atoms with Gasteiger partial charge in [-0.15, -0.1) is 0 Å². The first-order valence-electron chi connectivity index (χ1n) is 13.7. The van der Waals surface area contributed by atoms with Crippen molar-refractivity contribution in [3.8, 4) is 22.8 Å². The minimum atomic E-state index is -1.12. The summed E-state index contributed by atoms with van der Waals surface area (Å²) in [5, 5.41) is 9.38. The number of carboxylic acid groups (broad SMARTS) is 1. The lowest BCUT2D eigenvalue weighted by atomic mass is 9.95. The SMILES string of the molecule is C[C@@H]1Oc2ncc(F)cc2N(C2CCN(C(=O)c3ccc(-c4ccccc4OCC(C)(C)C(=O)O)cc3F)CC2)C1=O. The van der Waals surface area contributed by atoms with Gasteiger partial charge >= 0.3 is 5.97 Å². The number of fused-ring (bicyclic) bond motifs is 1. The van der Waals surface area contributed by atoms with Crippen LogP contribution < -0.4 is 14.4 Å². The number of ether oxygens (including phenoxy) is 2. The lowest BCUT2D eigenvalue weighted by Crippen LogP contribution is -2.54. The molecule has 3 aromatic rings. The lowest BCUT2D eigenvalue weighted by molar-refractivity contribution is -0.148. The van der Waals surface area contributed by atoms with Gasteiger partial charge in [0.2, 0.25) is 5.88 Å². The molecule has 11 heteroatoms. The summed E-state index contributed by atoms with van der Waals surface area (Å²) < 4.78 is 40.6. The van der Waals surface area contributed by atoms with Crippen molar-refractivity contribution in [3.05, 3.63) is 71.9 Å². The molecule has 2 aliphatic heterocycles. The number of carboxylic acids is 1. The minimum absolute atomic E-state index is 0.0830. The van der Waals surface area contributed by atoms with Gasteiger partial charge in [-0.25, -0.2) is 13.8 Å². The molecule has 220 valence electrons. The predicted molar refractivity (Wildman–Crippen MR) is 149 cm³/mol. The van der Waals surface area contributed by atoms with Crippen LogP contribution in [0.15, 0.2) is 54.7 Å². The number of benzene rings is 2. The molecule has 1 fully saturated rings. The number of anilines is 1. The number of rotatable bonds is 7. The zero-order valence-electron chi connectivity index (χ0n) is 23.5. The van der Waals surface area contributed by atoms with Crippen LogP contribution in [-0.2, 0) is 9.59 Å². The second-order valence-electron chi connectivity index (χ2n) is 11.1. The monoisotopic (exact) mass is 579 g/mol. The standard InChI is InChI=1S/C31H31F2N3O6/c1-18-28(37)36(25-15-20(32)16-34-27(25)42-18)21-10-12-35(13-11-21)29(38)23-9-8-19(14-24(23)33)22-6-4-5-7-26(22)41-17-31(2,3)30(39)40/h4-9,14-16,18,21H,10-13,17H2,1-3H3,(H,39,40)/t18-/m0/s1. The highest BCUT2D eigenvalue weighted by Crippen LogP contribution is 2.37. The van der Waals surface area contributed by atoms with Crippen LogP contribution in [0, 0.1) is 17.0 Å². The van der Waals surface area contributed by atoms with Crippen LogP contribution in [0.2, 0.25) is 0 Å². The topological polar surface area (TPSA) is 109 Å². The smallest absolute Gasteiger partial charge is 0.312 e. The fourth-order valence-electron chi connectivity index (χ4n) is 5.09. The molecule has 2 aliphatic rings. The van der Waals surface area contributed by atoms with Crippen molar-refractivity contribution in [2.24, 2.45) is 5.41 Å². The van der Waals surface area contributed by atoms with Crippen LogP contribution in [0.5, 0.6) is 11.6 Å². The zero-order chi connectivity index (χ0) is 30.2. The molecule has 0 spiro atoms. The van der Waals surface area contributed by atoms with Crippen molar-refractivity contribution in [3.63, 3.8) is 0 Å². The molecule has 0 aliphatic carbocycles. The predicted octanol–water partition coefficient (Wildman–Crippen LogP) is 4.94. The highest BCUT2D eigenvalue weighted by molar-refractivity contribution is 6.00. The van der Waals surface area contributed by atoms with Gasteiger partial charge in [-0.1, -0.05) is 24.3 Å². The number of hydrogen-bond acceptors (Lipinski definition) is 6. The van der Waals surface area contributed by atoms with Gasteiger partial charge in [0, 0.05) is 30.8 Å². The van der Waals surface area contributed by atoms with E-state index in [9.17, 15) is 23.9 Å². The number of amides is 2. The Kier molecular flexibility index (Phi) is 7.85. The second kappa shape index (κ2) is 11.4. The lowest BCUT2D eigenvalue weighted by Gasteiger charge is -2.41. The maximum absolute atomic E-state index is 15.3. The number of pyridine rings is 1. The Bertz CT molecular complexity index is 1540. The zero-order valence-corrected chi connectivity index (χ0v) is 23.5. The van der Waals surface area contributed by atoms with E-state index < -0.39 is 35.0 Å². The van der Waals surface area contributed by atoms with Crippen molar-refractivity contribution < 1.29 is 37.7 Å². The highest BCUT2D eigenvalue weighted by atomic mass is 19.1. The van der Waals surface area contributed by atoms with E-state index in [0.29, 0.717) is 29.7 Å². The summed E-state index contributed by atoms with van der Waals surface area (Å²) in [7, 11) is 0. The number of halogens is 2. The number of likely N-dealkylation sites (tertiary alicyclic amines) is 1. The average Bonchev–Trinajstić information content (AvgIpc) is 2.97. The Morgan fingerprint density at radius 1 is 1.12 bits per heavy atom. The van der Waals surface area contributed by atoms with Crippen molar-refractivity contribution in [1.82, 2.24) is 9.88 Å². The van der Waals surface area contributed by atoms with Crippen LogP contribution in [0.25, 0.3) is 11.1 Å². The molecule has 2 aromatic carbocycles. The number of piperidine rings is 1. The summed E-state index contributed by atoms with van der Waals surface area (Å²) in [4.78, 5) is 44.7. The van der Waals surface area contributed by atoms with Gasteiger partial charge < -0.3 is 24.4 Å². The number of aromatic nitrogens is 1. The second-order valence-corrected chi connectivity index (χ2v) is 11.1. The van der Waals surface area contributed by atoms with Crippen LogP contribution in [0.4, 0.5) is 14.5 Å². The molecule has 5 rings (SSSR count). The molecular formula is C31H31F2N3O6. The Morgan fingerprint density at radius 3 is 2.52 bits per heavy atom. The average molecular weight is 580 g/mol. The molecule has 0 unspecified atom stereocenters. The number of nitrogens with zero attached hydrogens (tertiary/aromatic N) is 3. The first-order valence-corrected chi connectivity index (χ1v) is 13.7. The number of para-hydroxylation sites is 1. The van der Waals surface area contributed by atoms with Crippen LogP contribution >= 0.6 is 0 Å². The molecule has 1 aromatic heterocycles. The first-order chi connectivity index (χ1) is 20.0. The number of hydrogen-bond donors (Lipinski definition) is 1. The van der Waals surface area contributed by atoms with Crippen LogP contribution in [0.3, 0.4) is 0 Å². The molecule has 1 atom stereocenters. The number of aliphatic carboxylic acids is 1. The third-order valence-corrected chi connectivity index (χ3v) is 7.61. The van der Waals surface area contributed by atoms with Gasteiger partial charge in [-0.3, -0.25) is 14.4 Å². The summed E-state index contributed by atoms with van der Waals surface area (Å²) in [5.41, 5.74) is 0.0980. The minimum Gasteiger partial charge on any atom is -0.492 e. The summed E-state index contributed by atoms with van der Waals surface area (Å²) >= 11 is 0. The van der Waals surface area contributed by atoms with E-state index in [0.717, 1.165) is 6.20 Å². The van der Waals surface area contributed by atoms with E-state index in [4.69, 9.17) is 9.47 Å².